The molecule has 82 valence electrons. The van der Waals surface area contributed by atoms with Crippen LogP contribution in [-0.4, -0.2) is 11.9 Å². The Hall–Kier alpha value is -1.45. The highest BCUT2D eigenvalue weighted by molar-refractivity contribution is 5.94. The number of halogens is 2. The van der Waals surface area contributed by atoms with Gasteiger partial charge in [0.2, 0.25) is 0 Å². The highest BCUT2D eigenvalue weighted by atomic mass is 19.1. The van der Waals surface area contributed by atoms with E-state index in [1.54, 1.807) is 0 Å². The third-order valence-electron chi connectivity index (χ3n) is 2.11. The predicted molar refractivity (Wildman–Crippen MR) is 53.6 cm³/mol. The van der Waals surface area contributed by atoms with E-state index in [1.165, 1.54) is 0 Å². The summed E-state index contributed by atoms with van der Waals surface area (Å²) in [6.45, 7) is 3.74. The SMILES string of the molecule is CCC(C)NC(=O)c1cc(F)cc(F)c1. The molecule has 2 nitrogen and oxygen atoms in total. The molecule has 0 aromatic heterocycles. The molecule has 0 saturated heterocycles. The molecule has 0 aliphatic rings. The fraction of sp³-hybridized carbons (Fsp3) is 0.364. The molecule has 1 unspecified atom stereocenters. The molecule has 0 aliphatic heterocycles. The molecular weight excluding hydrogens is 200 g/mol. The topological polar surface area (TPSA) is 29.1 Å². The highest BCUT2D eigenvalue weighted by Crippen LogP contribution is 2.08. The molecule has 0 aliphatic carbocycles. The Labute approximate surface area is 87.3 Å². The van der Waals surface area contributed by atoms with E-state index in [1.807, 2.05) is 13.8 Å². The second-order valence-corrected chi connectivity index (χ2v) is 3.44. The lowest BCUT2D eigenvalue weighted by molar-refractivity contribution is 0.0938. The third-order valence-corrected chi connectivity index (χ3v) is 2.11. The van der Waals surface area contributed by atoms with Crippen molar-refractivity contribution in [1.29, 1.82) is 0 Å². The molecule has 1 aromatic rings. The predicted octanol–water partition coefficient (Wildman–Crippen LogP) is 2.49. The maximum Gasteiger partial charge on any atom is 0.251 e. The summed E-state index contributed by atoms with van der Waals surface area (Å²) in [5.41, 5.74) is 0.00722. The quantitative estimate of drug-likeness (QED) is 0.821. The fourth-order valence-corrected chi connectivity index (χ4v) is 1.09. The van der Waals surface area contributed by atoms with Crippen LogP contribution in [0, 0.1) is 11.6 Å². The van der Waals surface area contributed by atoms with Crippen molar-refractivity contribution in [1.82, 2.24) is 5.32 Å². The maximum absolute atomic E-state index is 12.8. The number of carbonyl (C=O) groups is 1. The molecule has 0 bridgehead atoms. The summed E-state index contributed by atoms with van der Waals surface area (Å²) < 4.78 is 25.6. The van der Waals surface area contributed by atoms with E-state index in [0.29, 0.717) is 0 Å². The smallest absolute Gasteiger partial charge is 0.251 e. The van der Waals surface area contributed by atoms with E-state index in [9.17, 15) is 13.6 Å². The van der Waals surface area contributed by atoms with Crippen molar-refractivity contribution >= 4 is 5.91 Å². The second kappa shape index (κ2) is 4.87. The van der Waals surface area contributed by atoms with Gasteiger partial charge >= 0.3 is 0 Å². The molecule has 1 amide bonds. The number of benzene rings is 1. The van der Waals surface area contributed by atoms with Crippen molar-refractivity contribution in [3.8, 4) is 0 Å². The van der Waals surface area contributed by atoms with Crippen molar-refractivity contribution in [2.45, 2.75) is 26.3 Å². The molecule has 4 heteroatoms. The number of rotatable bonds is 3. The van der Waals surface area contributed by atoms with Crippen LogP contribution < -0.4 is 5.32 Å². The molecule has 0 spiro atoms. The first-order chi connectivity index (χ1) is 7.02. The van der Waals surface area contributed by atoms with Gasteiger partial charge in [-0.15, -0.1) is 0 Å². The van der Waals surface area contributed by atoms with Gasteiger partial charge in [0.05, 0.1) is 0 Å². The first-order valence-electron chi connectivity index (χ1n) is 4.80. The van der Waals surface area contributed by atoms with Gasteiger partial charge < -0.3 is 5.32 Å². The van der Waals surface area contributed by atoms with Gasteiger partial charge in [-0.05, 0) is 25.5 Å². The molecule has 1 aromatic carbocycles. The van der Waals surface area contributed by atoms with Gasteiger partial charge in [-0.2, -0.15) is 0 Å². The molecule has 0 heterocycles. The van der Waals surface area contributed by atoms with E-state index in [2.05, 4.69) is 5.32 Å². The summed E-state index contributed by atoms with van der Waals surface area (Å²) in [6.07, 6.45) is 0.767. The van der Waals surface area contributed by atoms with Gasteiger partial charge in [-0.3, -0.25) is 4.79 Å². The molecule has 0 fully saturated rings. The lowest BCUT2D eigenvalue weighted by atomic mass is 10.1. The van der Waals surface area contributed by atoms with Gasteiger partial charge in [0.15, 0.2) is 0 Å². The van der Waals surface area contributed by atoms with Crippen LogP contribution in [-0.2, 0) is 0 Å². The average molecular weight is 213 g/mol. The van der Waals surface area contributed by atoms with Crippen molar-refractivity contribution in [2.75, 3.05) is 0 Å². The number of carbonyl (C=O) groups excluding carboxylic acids is 1. The van der Waals surface area contributed by atoms with Gasteiger partial charge in [0, 0.05) is 17.7 Å². The van der Waals surface area contributed by atoms with Crippen LogP contribution in [0.1, 0.15) is 30.6 Å². The summed E-state index contributed by atoms with van der Waals surface area (Å²) in [4.78, 5) is 11.5. The summed E-state index contributed by atoms with van der Waals surface area (Å²) >= 11 is 0. The largest absolute Gasteiger partial charge is 0.350 e. The summed E-state index contributed by atoms with van der Waals surface area (Å²) in [5.74, 6) is -1.95. The number of amides is 1. The highest BCUT2D eigenvalue weighted by Gasteiger charge is 2.10. The van der Waals surface area contributed by atoms with E-state index < -0.39 is 17.5 Å². The number of hydrogen-bond acceptors (Lipinski definition) is 1. The van der Waals surface area contributed by atoms with Gasteiger partial charge in [0.1, 0.15) is 11.6 Å². The standard InChI is InChI=1S/C11H13F2NO/c1-3-7(2)14-11(15)8-4-9(12)6-10(13)5-8/h4-7H,3H2,1-2H3,(H,14,15). The van der Waals surface area contributed by atoms with E-state index in [0.717, 1.165) is 24.6 Å². The van der Waals surface area contributed by atoms with Crippen LogP contribution >= 0.6 is 0 Å². The molecule has 0 saturated carbocycles. The van der Waals surface area contributed by atoms with Crippen LogP contribution in [0.4, 0.5) is 8.78 Å². The zero-order valence-electron chi connectivity index (χ0n) is 8.68. The summed E-state index contributed by atoms with van der Waals surface area (Å²) in [5, 5.41) is 2.63. The minimum Gasteiger partial charge on any atom is -0.350 e. The van der Waals surface area contributed by atoms with Crippen LogP contribution in [0.25, 0.3) is 0 Å². The first kappa shape index (κ1) is 11.6. The van der Waals surface area contributed by atoms with Crippen LogP contribution in [0.2, 0.25) is 0 Å². The van der Waals surface area contributed by atoms with Crippen LogP contribution in [0.3, 0.4) is 0 Å². The fourth-order valence-electron chi connectivity index (χ4n) is 1.09. The lowest BCUT2D eigenvalue weighted by Crippen LogP contribution is -2.32. The normalized spacial score (nSPS) is 12.3. The average Bonchev–Trinajstić information content (AvgIpc) is 2.16. The summed E-state index contributed by atoms with van der Waals surface area (Å²) in [7, 11) is 0. The van der Waals surface area contributed by atoms with E-state index in [4.69, 9.17) is 0 Å². The van der Waals surface area contributed by atoms with E-state index in [-0.39, 0.29) is 11.6 Å². The Kier molecular flexibility index (Phi) is 3.77. The molecule has 0 radical (unpaired) electrons. The van der Waals surface area contributed by atoms with Crippen molar-refractivity contribution in [3.63, 3.8) is 0 Å². The second-order valence-electron chi connectivity index (χ2n) is 3.44. The van der Waals surface area contributed by atoms with Crippen molar-refractivity contribution in [2.24, 2.45) is 0 Å². The van der Waals surface area contributed by atoms with E-state index >= 15 is 0 Å². The van der Waals surface area contributed by atoms with Gasteiger partial charge in [0.25, 0.3) is 5.91 Å². The van der Waals surface area contributed by atoms with Crippen molar-refractivity contribution in [3.05, 3.63) is 35.4 Å². The maximum atomic E-state index is 12.8. The Bertz CT molecular complexity index is 345. The number of nitrogens with one attached hydrogen (secondary N) is 1. The Balaban J connectivity index is 2.82. The van der Waals surface area contributed by atoms with Crippen LogP contribution in [0.5, 0.6) is 0 Å². The zero-order valence-corrected chi connectivity index (χ0v) is 8.68. The molecule has 1 N–H and O–H groups in total. The summed E-state index contributed by atoms with van der Waals surface area (Å²) in [6, 6.07) is 2.76. The Morgan fingerprint density at radius 3 is 2.33 bits per heavy atom. The van der Waals surface area contributed by atoms with Gasteiger partial charge in [-0.25, -0.2) is 8.78 Å². The van der Waals surface area contributed by atoms with Crippen molar-refractivity contribution < 1.29 is 13.6 Å². The Morgan fingerprint density at radius 1 is 1.33 bits per heavy atom. The Morgan fingerprint density at radius 2 is 1.87 bits per heavy atom. The third kappa shape index (κ3) is 3.31. The minimum atomic E-state index is -0.746. The zero-order chi connectivity index (χ0) is 11.4. The van der Waals surface area contributed by atoms with Crippen LogP contribution in [0.15, 0.2) is 18.2 Å². The minimum absolute atomic E-state index is 0.00722. The first-order valence-corrected chi connectivity index (χ1v) is 4.80. The molecule has 15 heavy (non-hydrogen) atoms. The lowest BCUT2D eigenvalue weighted by Gasteiger charge is -2.11. The molecular formula is C11H13F2NO. The molecule has 1 atom stereocenters. The molecule has 1 rings (SSSR count). The van der Waals surface area contributed by atoms with Gasteiger partial charge in [-0.1, -0.05) is 6.92 Å². The number of hydrogen-bond donors (Lipinski definition) is 1. The monoisotopic (exact) mass is 213 g/mol.